The summed E-state index contributed by atoms with van der Waals surface area (Å²) in [4.78, 5) is 13.6. The molecular weight excluding hydrogens is 301 g/mol. The number of amides is 2. The van der Waals surface area contributed by atoms with Crippen LogP contribution >= 0.6 is 0 Å². The van der Waals surface area contributed by atoms with E-state index in [9.17, 15) is 23.1 Å². The van der Waals surface area contributed by atoms with Crippen LogP contribution in [-0.2, 0) is 4.74 Å². The molecule has 2 aliphatic rings. The molecule has 5 nitrogen and oxygen atoms in total. The smallest absolute Gasteiger partial charge is 0.392 e. The molecule has 2 rings (SSSR count). The molecule has 22 heavy (non-hydrogen) atoms. The zero-order chi connectivity index (χ0) is 16.3. The molecule has 0 aromatic heterocycles. The monoisotopic (exact) mass is 324 g/mol. The number of carbonyl (C=O) groups excluding carboxylic acids is 1. The zero-order valence-electron chi connectivity index (χ0n) is 12.6. The van der Waals surface area contributed by atoms with Crippen LogP contribution in [-0.4, -0.2) is 60.7 Å². The third-order valence-corrected chi connectivity index (χ3v) is 4.60. The number of nitrogens with zero attached hydrogens (tertiary/aromatic N) is 1. The van der Waals surface area contributed by atoms with Gasteiger partial charge in [-0.15, -0.1) is 0 Å². The summed E-state index contributed by atoms with van der Waals surface area (Å²) in [6.45, 7) is 1.95. The van der Waals surface area contributed by atoms with Gasteiger partial charge < -0.3 is 20.1 Å². The first-order valence-corrected chi connectivity index (χ1v) is 7.71. The van der Waals surface area contributed by atoms with Gasteiger partial charge in [0.1, 0.15) is 0 Å². The van der Waals surface area contributed by atoms with Crippen LogP contribution in [0.5, 0.6) is 0 Å². The fraction of sp³-hybridized carbons (Fsp3) is 0.929. The molecular formula is C14H23F3N2O3. The van der Waals surface area contributed by atoms with Crippen LogP contribution in [0.1, 0.15) is 26.2 Å². The summed E-state index contributed by atoms with van der Waals surface area (Å²) >= 11 is 0. The third kappa shape index (κ3) is 3.84. The van der Waals surface area contributed by atoms with E-state index in [1.165, 1.54) is 4.90 Å². The number of nitrogens with one attached hydrogen (secondary N) is 1. The van der Waals surface area contributed by atoms with E-state index >= 15 is 0 Å². The predicted octanol–water partition coefficient (Wildman–Crippen LogP) is 1.76. The quantitative estimate of drug-likeness (QED) is 0.831. The van der Waals surface area contributed by atoms with Crippen LogP contribution in [0, 0.1) is 11.8 Å². The maximum Gasteiger partial charge on any atom is 0.392 e. The molecule has 2 aliphatic heterocycles. The van der Waals surface area contributed by atoms with Crippen LogP contribution in [0.25, 0.3) is 0 Å². The second kappa shape index (κ2) is 7.04. The minimum atomic E-state index is -4.33. The van der Waals surface area contributed by atoms with Crippen LogP contribution in [0.3, 0.4) is 0 Å². The highest BCUT2D eigenvalue weighted by atomic mass is 19.4. The van der Waals surface area contributed by atoms with Crippen molar-refractivity contribution < 1.29 is 27.8 Å². The summed E-state index contributed by atoms with van der Waals surface area (Å²) in [5.41, 5.74) is 0. The number of piperidine rings is 1. The van der Waals surface area contributed by atoms with Crippen LogP contribution in [0.4, 0.5) is 18.0 Å². The van der Waals surface area contributed by atoms with E-state index < -0.39 is 24.6 Å². The van der Waals surface area contributed by atoms with Gasteiger partial charge in [-0.2, -0.15) is 13.2 Å². The Kier molecular flexibility index (Phi) is 5.55. The number of alkyl halides is 3. The molecule has 2 amide bonds. The average Bonchev–Trinajstić information content (AvgIpc) is 2.92. The largest absolute Gasteiger partial charge is 0.396 e. The molecule has 128 valence electrons. The van der Waals surface area contributed by atoms with E-state index in [2.05, 4.69) is 5.32 Å². The zero-order valence-corrected chi connectivity index (χ0v) is 12.6. The van der Waals surface area contributed by atoms with Gasteiger partial charge in [0, 0.05) is 32.2 Å². The first-order chi connectivity index (χ1) is 10.4. The van der Waals surface area contributed by atoms with Gasteiger partial charge in [0.05, 0.1) is 18.1 Å². The van der Waals surface area contributed by atoms with Gasteiger partial charge in [0.2, 0.25) is 0 Å². The SMILES string of the molecule is CC[C@@H]1OCC[C@H]1NC(=O)N1CCC(C(F)(F)F)C(CO)C1. The Labute approximate surface area is 127 Å². The van der Waals surface area contributed by atoms with Crippen molar-refractivity contribution in [3.8, 4) is 0 Å². The normalized spacial score (nSPS) is 33.0. The summed E-state index contributed by atoms with van der Waals surface area (Å²) in [6.07, 6.45) is -3.04. The van der Waals surface area contributed by atoms with Gasteiger partial charge in [-0.05, 0) is 19.3 Å². The standard InChI is InChI=1S/C14H23F3N2O3/c1-2-12-11(4-6-22-12)18-13(21)19-5-3-10(14(15,16)17)9(7-19)8-20/h9-12,20H,2-8H2,1H3,(H,18,21)/t9?,10?,11-,12+/m1/s1. The molecule has 0 saturated carbocycles. The van der Waals surface area contributed by atoms with Crippen molar-refractivity contribution in [2.75, 3.05) is 26.3 Å². The van der Waals surface area contributed by atoms with Crippen LogP contribution in [0.15, 0.2) is 0 Å². The molecule has 2 saturated heterocycles. The van der Waals surface area contributed by atoms with Gasteiger partial charge in [-0.1, -0.05) is 6.92 Å². The molecule has 0 aromatic rings. The summed E-state index contributed by atoms with van der Waals surface area (Å²) in [7, 11) is 0. The fourth-order valence-corrected chi connectivity index (χ4v) is 3.30. The highest BCUT2D eigenvalue weighted by molar-refractivity contribution is 5.74. The molecule has 8 heteroatoms. The van der Waals surface area contributed by atoms with Crippen molar-refractivity contribution in [3.05, 3.63) is 0 Å². The lowest BCUT2D eigenvalue weighted by Crippen LogP contribution is -2.54. The molecule has 2 unspecified atom stereocenters. The molecule has 0 bridgehead atoms. The van der Waals surface area contributed by atoms with Crippen molar-refractivity contribution in [1.29, 1.82) is 0 Å². The van der Waals surface area contributed by atoms with Crippen molar-refractivity contribution in [1.82, 2.24) is 10.2 Å². The topological polar surface area (TPSA) is 61.8 Å². The Morgan fingerprint density at radius 2 is 2.14 bits per heavy atom. The highest BCUT2D eigenvalue weighted by Crippen LogP contribution is 2.37. The number of rotatable bonds is 3. The van der Waals surface area contributed by atoms with Gasteiger partial charge in [0.25, 0.3) is 0 Å². The van der Waals surface area contributed by atoms with Gasteiger partial charge in [-0.3, -0.25) is 0 Å². The van der Waals surface area contributed by atoms with Gasteiger partial charge >= 0.3 is 12.2 Å². The molecule has 2 fully saturated rings. The molecule has 2 heterocycles. The molecule has 4 atom stereocenters. The van der Waals surface area contributed by atoms with Crippen molar-refractivity contribution in [2.45, 2.75) is 44.5 Å². The van der Waals surface area contributed by atoms with Crippen LogP contribution < -0.4 is 5.32 Å². The second-order valence-corrected chi connectivity index (χ2v) is 5.99. The summed E-state index contributed by atoms with van der Waals surface area (Å²) in [5, 5.41) is 12.1. The molecule has 0 radical (unpaired) electrons. The lowest BCUT2D eigenvalue weighted by Gasteiger charge is -2.39. The molecule has 0 spiro atoms. The Morgan fingerprint density at radius 3 is 2.73 bits per heavy atom. The lowest BCUT2D eigenvalue weighted by atomic mass is 9.85. The molecule has 0 aliphatic carbocycles. The van der Waals surface area contributed by atoms with Gasteiger partial charge in [0.15, 0.2) is 0 Å². The molecule has 0 aromatic carbocycles. The lowest BCUT2D eigenvalue weighted by molar-refractivity contribution is -0.202. The number of hydrogen-bond acceptors (Lipinski definition) is 3. The summed E-state index contributed by atoms with van der Waals surface area (Å²) < 4.78 is 44.1. The number of aliphatic hydroxyl groups is 1. The number of ether oxygens (including phenoxy) is 1. The highest BCUT2D eigenvalue weighted by Gasteiger charge is 2.47. The number of halogens is 3. The van der Waals surface area contributed by atoms with Crippen molar-refractivity contribution in [3.63, 3.8) is 0 Å². The van der Waals surface area contributed by atoms with E-state index in [0.717, 1.165) is 6.42 Å². The number of carbonyl (C=O) groups is 1. The number of likely N-dealkylation sites (tertiary alicyclic amines) is 1. The third-order valence-electron chi connectivity index (χ3n) is 4.60. The average molecular weight is 324 g/mol. The molecule has 2 N–H and O–H groups in total. The Morgan fingerprint density at radius 1 is 1.41 bits per heavy atom. The van der Waals surface area contributed by atoms with E-state index in [4.69, 9.17) is 4.74 Å². The Bertz CT molecular complexity index is 392. The van der Waals surface area contributed by atoms with E-state index in [-0.39, 0.29) is 37.7 Å². The van der Waals surface area contributed by atoms with E-state index in [1.54, 1.807) is 0 Å². The van der Waals surface area contributed by atoms with Crippen LogP contribution in [0.2, 0.25) is 0 Å². The first kappa shape index (κ1) is 17.3. The maximum absolute atomic E-state index is 12.9. The number of urea groups is 1. The Hall–Kier alpha value is -1.02. The van der Waals surface area contributed by atoms with Gasteiger partial charge in [-0.25, -0.2) is 4.79 Å². The van der Waals surface area contributed by atoms with E-state index in [1.807, 2.05) is 6.92 Å². The number of aliphatic hydroxyl groups excluding tert-OH is 1. The van der Waals surface area contributed by atoms with Crippen molar-refractivity contribution >= 4 is 6.03 Å². The van der Waals surface area contributed by atoms with Crippen molar-refractivity contribution in [2.24, 2.45) is 11.8 Å². The minimum Gasteiger partial charge on any atom is -0.396 e. The maximum atomic E-state index is 12.9. The Balaban J connectivity index is 1.92. The first-order valence-electron chi connectivity index (χ1n) is 7.71. The predicted molar refractivity (Wildman–Crippen MR) is 73.3 cm³/mol. The summed E-state index contributed by atoms with van der Waals surface area (Å²) in [6, 6.07) is -0.460. The summed E-state index contributed by atoms with van der Waals surface area (Å²) in [5.74, 6) is -2.50. The number of hydrogen-bond donors (Lipinski definition) is 2. The minimum absolute atomic E-state index is 0.0368. The fourth-order valence-electron chi connectivity index (χ4n) is 3.30. The second-order valence-electron chi connectivity index (χ2n) is 5.99. The van der Waals surface area contributed by atoms with E-state index in [0.29, 0.717) is 13.0 Å².